The molecule has 1 fully saturated rings. The minimum atomic E-state index is 0. The van der Waals surface area contributed by atoms with Gasteiger partial charge in [-0.2, -0.15) is 0 Å². The fraction of sp³-hybridized carbons (Fsp3) is 0.857. The molecule has 0 aromatic carbocycles. The number of amides is 1. The Morgan fingerprint density at radius 1 is 1.70 bits per heavy atom. The molecule has 1 heterocycles. The summed E-state index contributed by atoms with van der Waals surface area (Å²) in [6.07, 6.45) is 3.02. The second-order valence-corrected chi connectivity index (χ2v) is 3.10. The van der Waals surface area contributed by atoms with Crippen molar-refractivity contribution in [3.05, 3.63) is 0 Å². The summed E-state index contributed by atoms with van der Waals surface area (Å²) in [5.41, 5.74) is 0. The highest BCUT2D eigenvalue weighted by Gasteiger charge is 2.24. The van der Waals surface area contributed by atoms with Crippen LogP contribution in [-0.4, -0.2) is 25.0 Å². The fourth-order valence-corrected chi connectivity index (χ4v) is 1.32. The van der Waals surface area contributed by atoms with Gasteiger partial charge in [0.25, 0.3) is 0 Å². The first-order valence-electron chi connectivity index (χ1n) is 3.69. The van der Waals surface area contributed by atoms with Gasteiger partial charge >= 0.3 is 0 Å². The molecule has 1 saturated heterocycles. The van der Waals surface area contributed by atoms with E-state index in [9.17, 15) is 4.79 Å². The van der Waals surface area contributed by atoms with Crippen molar-refractivity contribution < 1.29 is 4.79 Å². The predicted octanol–water partition coefficient (Wildman–Crippen LogP) is -0.125. The van der Waals surface area contributed by atoms with E-state index >= 15 is 0 Å². The largest absolute Gasteiger partial charge is 0.352 e. The van der Waals surface area contributed by atoms with Crippen LogP contribution in [0.15, 0.2) is 0 Å². The van der Waals surface area contributed by atoms with E-state index in [1.54, 1.807) is 0 Å². The molecule has 58 valence electrons. The lowest BCUT2D eigenvalue weighted by molar-refractivity contribution is -0.111. The predicted molar refractivity (Wildman–Crippen MR) is 39.7 cm³/mol. The van der Waals surface area contributed by atoms with E-state index in [-0.39, 0.29) is 5.54 Å². The molecule has 1 atom stereocenters. The third-order valence-corrected chi connectivity index (χ3v) is 2.00. The van der Waals surface area contributed by atoms with Crippen molar-refractivity contribution in [3.8, 4) is 0 Å². The summed E-state index contributed by atoms with van der Waals surface area (Å²) in [6.45, 7) is 4.04. The molecule has 3 nitrogen and oxygen atoms in total. The number of piperidine rings is 1. The van der Waals surface area contributed by atoms with Gasteiger partial charge in [0.05, 0.1) is 0 Å². The maximum atomic E-state index is 10.1. The molecule has 1 unspecified atom stereocenters. The van der Waals surface area contributed by atoms with Crippen LogP contribution < -0.4 is 10.6 Å². The summed E-state index contributed by atoms with van der Waals surface area (Å²) in [5.74, 6) is 0. The molecular weight excluding hydrogens is 128 g/mol. The van der Waals surface area contributed by atoms with Crippen LogP contribution >= 0.6 is 0 Å². The number of hydrogen-bond donors (Lipinski definition) is 2. The molecule has 1 amide bonds. The van der Waals surface area contributed by atoms with Crippen molar-refractivity contribution in [2.24, 2.45) is 0 Å². The first-order valence-corrected chi connectivity index (χ1v) is 3.69. The van der Waals surface area contributed by atoms with Gasteiger partial charge in [-0.25, -0.2) is 0 Å². The molecule has 0 spiro atoms. The summed E-state index contributed by atoms with van der Waals surface area (Å²) in [6, 6.07) is 0. The molecule has 0 aliphatic carbocycles. The standard InChI is InChI=1S/C7H14N2O/c1-7(9-6-10)3-2-4-8-5-7/h6,8H,2-5H2,1H3,(H,9,10). The van der Waals surface area contributed by atoms with Crippen LogP contribution in [0.4, 0.5) is 0 Å². The number of hydrogen-bond acceptors (Lipinski definition) is 2. The second-order valence-electron chi connectivity index (χ2n) is 3.10. The van der Waals surface area contributed by atoms with E-state index in [0.717, 1.165) is 32.3 Å². The SMILES string of the molecule is CC1(NC=O)CCCNC1. The van der Waals surface area contributed by atoms with E-state index in [4.69, 9.17) is 0 Å². The van der Waals surface area contributed by atoms with Gasteiger partial charge in [0.2, 0.25) is 6.41 Å². The third kappa shape index (κ3) is 1.70. The van der Waals surface area contributed by atoms with Crippen LogP contribution in [0.3, 0.4) is 0 Å². The Labute approximate surface area is 61.2 Å². The van der Waals surface area contributed by atoms with Crippen LogP contribution in [-0.2, 0) is 4.79 Å². The Balaban J connectivity index is 2.39. The lowest BCUT2D eigenvalue weighted by Gasteiger charge is -2.33. The number of rotatable bonds is 2. The summed E-state index contributed by atoms with van der Waals surface area (Å²) < 4.78 is 0. The quantitative estimate of drug-likeness (QED) is 0.527. The molecule has 1 aliphatic rings. The van der Waals surface area contributed by atoms with E-state index in [1.165, 1.54) is 0 Å². The molecule has 1 rings (SSSR count). The normalized spacial score (nSPS) is 33.3. The molecule has 0 saturated carbocycles. The third-order valence-electron chi connectivity index (χ3n) is 2.00. The highest BCUT2D eigenvalue weighted by molar-refractivity contribution is 5.47. The highest BCUT2D eigenvalue weighted by Crippen LogP contribution is 2.13. The van der Waals surface area contributed by atoms with Gasteiger partial charge in [0.15, 0.2) is 0 Å². The summed E-state index contributed by atoms with van der Waals surface area (Å²) >= 11 is 0. The van der Waals surface area contributed by atoms with Gasteiger partial charge in [0.1, 0.15) is 0 Å². The summed E-state index contributed by atoms with van der Waals surface area (Å²) in [4.78, 5) is 10.1. The monoisotopic (exact) mass is 142 g/mol. The molecule has 0 aromatic rings. The van der Waals surface area contributed by atoms with Crippen molar-refractivity contribution in [2.75, 3.05) is 13.1 Å². The molecular formula is C7H14N2O. The number of carbonyl (C=O) groups excluding carboxylic acids is 1. The lowest BCUT2D eigenvalue weighted by Crippen LogP contribution is -2.52. The Hall–Kier alpha value is -0.570. The maximum absolute atomic E-state index is 10.1. The molecule has 2 N–H and O–H groups in total. The minimum absolute atomic E-state index is 0. The molecule has 3 heteroatoms. The average Bonchev–Trinajstić information content (AvgIpc) is 1.89. The topological polar surface area (TPSA) is 41.1 Å². The Morgan fingerprint density at radius 2 is 2.50 bits per heavy atom. The Kier molecular flexibility index (Phi) is 2.27. The Bertz CT molecular complexity index is 119. The van der Waals surface area contributed by atoms with Crippen LogP contribution in [0.5, 0.6) is 0 Å². The highest BCUT2D eigenvalue weighted by atomic mass is 16.1. The van der Waals surface area contributed by atoms with E-state index in [0.29, 0.717) is 0 Å². The smallest absolute Gasteiger partial charge is 0.207 e. The number of nitrogens with one attached hydrogen (secondary N) is 2. The van der Waals surface area contributed by atoms with Crippen molar-refractivity contribution in [1.82, 2.24) is 10.6 Å². The van der Waals surface area contributed by atoms with Crippen LogP contribution in [0.25, 0.3) is 0 Å². The molecule has 1 aliphatic heterocycles. The van der Waals surface area contributed by atoms with E-state index in [1.807, 2.05) is 0 Å². The fourth-order valence-electron chi connectivity index (χ4n) is 1.32. The first-order chi connectivity index (χ1) is 4.77. The van der Waals surface area contributed by atoms with Gasteiger partial charge in [-0.3, -0.25) is 4.79 Å². The van der Waals surface area contributed by atoms with Crippen molar-refractivity contribution in [1.29, 1.82) is 0 Å². The van der Waals surface area contributed by atoms with E-state index < -0.39 is 0 Å². The average molecular weight is 142 g/mol. The van der Waals surface area contributed by atoms with Crippen molar-refractivity contribution in [3.63, 3.8) is 0 Å². The summed E-state index contributed by atoms with van der Waals surface area (Å²) in [5, 5.41) is 6.06. The van der Waals surface area contributed by atoms with Crippen molar-refractivity contribution >= 4 is 6.41 Å². The van der Waals surface area contributed by atoms with Gasteiger partial charge < -0.3 is 10.6 Å². The van der Waals surface area contributed by atoms with Gasteiger partial charge in [-0.05, 0) is 26.3 Å². The minimum Gasteiger partial charge on any atom is -0.352 e. The van der Waals surface area contributed by atoms with Gasteiger partial charge in [-0.15, -0.1) is 0 Å². The maximum Gasteiger partial charge on any atom is 0.207 e. The Morgan fingerprint density at radius 3 is 3.00 bits per heavy atom. The molecule has 0 radical (unpaired) electrons. The molecule has 10 heavy (non-hydrogen) atoms. The molecule has 0 aromatic heterocycles. The van der Waals surface area contributed by atoms with Crippen LogP contribution in [0.2, 0.25) is 0 Å². The van der Waals surface area contributed by atoms with Crippen LogP contribution in [0, 0.1) is 0 Å². The van der Waals surface area contributed by atoms with Gasteiger partial charge in [-0.1, -0.05) is 0 Å². The zero-order valence-electron chi connectivity index (χ0n) is 6.31. The first kappa shape index (κ1) is 7.54. The zero-order valence-corrected chi connectivity index (χ0v) is 6.31. The van der Waals surface area contributed by atoms with Crippen LogP contribution in [0.1, 0.15) is 19.8 Å². The van der Waals surface area contributed by atoms with Crippen molar-refractivity contribution in [2.45, 2.75) is 25.3 Å². The molecule has 0 bridgehead atoms. The zero-order chi connectivity index (χ0) is 7.45. The second kappa shape index (κ2) is 3.01. The van der Waals surface area contributed by atoms with Gasteiger partial charge in [0, 0.05) is 12.1 Å². The lowest BCUT2D eigenvalue weighted by atomic mass is 9.93. The summed E-state index contributed by atoms with van der Waals surface area (Å²) in [7, 11) is 0. The number of carbonyl (C=O) groups is 1. The van der Waals surface area contributed by atoms with E-state index in [2.05, 4.69) is 17.6 Å².